The van der Waals surface area contributed by atoms with Crippen LogP contribution in [-0.4, -0.2) is 45.5 Å². The molecule has 2 aromatic heterocycles. The summed E-state index contributed by atoms with van der Waals surface area (Å²) in [6.07, 6.45) is 4.60. The first-order valence-electron chi connectivity index (χ1n) is 9.01. The minimum Gasteiger partial charge on any atom is -0.441 e. The Morgan fingerprint density at radius 2 is 2.31 bits per heavy atom. The fraction of sp³-hybridized carbons (Fsp3) is 0.444. The number of benzene rings is 1. The second-order valence-electron chi connectivity index (χ2n) is 6.62. The third-order valence-electron chi connectivity index (χ3n) is 4.58. The molecule has 3 heterocycles. The van der Waals surface area contributed by atoms with E-state index in [0.29, 0.717) is 30.5 Å². The fourth-order valence-corrected chi connectivity index (χ4v) is 3.24. The van der Waals surface area contributed by atoms with Crippen LogP contribution in [-0.2, 0) is 13.0 Å². The Morgan fingerprint density at radius 3 is 3.15 bits per heavy atom. The SMILES string of the molecule is O=C(NCCc1nc2ccccc2o1)c1cn(CC2CCCNC2)nn1. The maximum absolute atomic E-state index is 12.2. The lowest BCUT2D eigenvalue weighted by Gasteiger charge is -2.22. The Bertz CT molecular complexity index is 848. The highest BCUT2D eigenvalue weighted by atomic mass is 16.3. The van der Waals surface area contributed by atoms with Gasteiger partial charge in [0, 0.05) is 19.5 Å². The van der Waals surface area contributed by atoms with Crippen molar-refractivity contribution in [3.8, 4) is 0 Å². The number of amides is 1. The van der Waals surface area contributed by atoms with Gasteiger partial charge in [-0.1, -0.05) is 17.3 Å². The average Bonchev–Trinajstić information content (AvgIpc) is 3.29. The molecule has 1 unspecified atom stereocenters. The number of piperidine rings is 1. The second kappa shape index (κ2) is 7.65. The van der Waals surface area contributed by atoms with Crippen LogP contribution in [0.4, 0.5) is 0 Å². The summed E-state index contributed by atoms with van der Waals surface area (Å²) < 4.78 is 7.40. The van der Waals surface area contributed by atoms with Crippen LogP contribution in [0.2, 0.25) is 0 Å². The second-order valence-corrected chi connectivity index (χ2v) is 6.62. The number of carbonyl (C=O) groups excluding carboxylic acids is 1. The third-order valence-corrected chi connectivity index (χ3v) is 4.58. The van der Waals surface area contributed by atoms with E-state index in [1.54, 1.807) is 10.9 Å². The molecule has 3 aromatic rings. The summed E-state index contributed by atoms with van der Waals surface area (Å²) in [6.45, 7) is 3.30. The van der Waals surface area contributed by atoms with Gasteiger partial charge in [-0.05, 0) is 44.0 Å². The molecule has 0 aliphatic carbocycles. The van der Waals surface area contributed by atoms with Gasteiger partial charge in [-0.25, -0.2) is 4.98 Å². The molecular formula is C18H22N6O2. The zero-order valence-corrected chi connectivity index (χ0v) is 14.5. The Labute approximate surface area is 151 Å². The van der Waals surface area contributed by atoms with Crippen LogP contribution in [0.5, 0.6) is 0 Å². The first-order valence-corrected chi connectivity index (χ1v) is 9.01. The molecule has 1 fully saturated rings. The van der Waals surface area contributed by atoms with E-state index in [2.05, 4.69) is 25.9 Å². The Kier molecular flexibility index (Phi) is 4.92. The highest BCUT2D eigenvalue weighted by Crippen LogP contribution is 2.15. The Hall–Kier alpha value is -2.74. The van der Waals surface area contributed by atoms with E-state index < -0.39 is 0 Å². The predicted molar refractivity (Wildman–Crippen MR) is 95.7 cm³/mol. The summed E-state index contributed by atoms with van der Waals surface area (Å²) >= 11 is 0. The number of fused-ring (bicyclic) bond motifs is 1. The highest BCUT2D eigenvalue weighted by Gasteiger charge is 2.16. The summed E-state index contributed by atoms with van der Waals surface area (Å²) in [5, 5.41) is 14.3. The monoisotopic (exact) mass is 354 g/mol. The van der Waals surface area contributed by atoms with E-state index in [-0.39, 0.29) is 5.91 Å². The van der Waals surface area contributed by atoms with Crippen molar-refractivity contribution in [1.82, 2.24) is 30.6 Å². The van der Waals surface area contributed by atoms with Crippen LogP contribution >= 0.6 is 0 Å². The number of hydrogen-bond acceptors (Lipinski definition) is 6. The number of carbonyl (C=O) groups is 1. The fourth-order valence-electron chi connectivity index (χ4n) is 3.24. The van der Waals surface area contributed by atoms with Crippen molar-refractivity contribution in [2.75, 3.05) is 19.6 Å². The first-order chi connectivity index (χ1) is 12.8. The number of nitrogens with one attached hydrogen (secondary N) is 2. The third kappa shape index (κ3) is 3.91. The van der Waals surface area contributed by atoms with E-state index in [0.717, 1.165) is 30.7 Å². The van der Waals surface area contributed by atoms with Gasteiger partial charge in [0.2, 0.25) is 0 Å². The zero-order valence-electron chi connectivity index (χ0n) is 14.5. The molecule has 4 rings (SSSR count). The summed E-state index contributed by atoms with van der Waals surface area (Å²) in [7, 11) is 0. The Morgan fingerprint density at radius 1 is 1.38 bits per heavy atom. The topological polar surface area (TPSA) is 97.9 Å². The van der Waals surface area contributed by atoms with Crippen LogP contribution in [0.3, 0.4) is 0 Å². The van der Waals surface area contributed by atoms with Crippen molar-refractivity contribution in [1.29, 1.82) is 0 Å². The molecule has 0 spiro atoms. The van der Waals surface area contributed by atoms with E-state index in [4.69, 9.17) is 4.42 Å². The molecule has 26 heavy (non-hydrogen) atoms. The molecule has 136 valence electrons. The molecule has 8 nitrogen and oxygen atoms in total. The molecule has 1 atom stereocenters. The molecule has 1 aliphatic heterocycles. The molecule has 0 radical (unpaired) electrons. The van der Waals surface area contributed by atoms with Gasteiger partial charge >= 0.3 is 0 Å². The molecule has 1 saturated heterocycles. The van der Waals surface area contributed by atoms with Crippen LogP contribution in [0.15, 0.2) is 34.9 Å². The smallest absolute Gasteiger partial charge is 0.273 e. The van der Waals surface area contributed by atoms with Crippen molar-refractivity contribution in [3.05, 3.63) is 42.0 Å². The van der Waals surface area contributed by atoms with Gasteiger partial charge in [0.15, 0.2) is 17.2 Å². The summed E-state index contributed by atoms with van der Waals surface area (Å²) in [6, 6.07) is 7.61. The first kappa shape index (κ1) is 16.7. The van der Waals surface area contributed by atoms with Gasteiger partial charge in [0.25, 0.3) is 5.91 Å². The minimum absolute atomic E-state index is 0.228. The zero-order chi connectivity index (χ0) is 17.8. The lowest BCUT2D eigenvalue weighted by atomic mass is 10.00. The molecule has 0 bridgehead atoms. The number of oxazole rings is 1. The largest absolute Gasteiger partial charge is 0.441 e. The molecule has 8 heteroatoms. The van der Waals surface area contributed by atoms with Crippen LogP contribution < -0.4 is 10.6 Å². The van der Waals surface area contributed by atoms with Gasteiger partial charge in [-0.15, -0.1) is 5.10 Å². The number of rotatable bonds is 6. The van der Waals surface area contributed by atoms with Gasteiger partial charge < -0.3 is 15.1 Å². The molecule has 1 amide bonds. The minimum atomic E-state index is -0.228. The standard InChI is InChI=1S/C18H22N6O2/c25-18(15-12-24(23-22-15)11-13-4-3-8-19-10-13)20-9-7-17-21-14-5-1-2-6-16(14)26-17/h1-2,5-6,12-13,19H,3-4,7-11H2,(H,20,25). The average molecular weight is 354 g/mol. The molecule has 0 saturated carbocycles. The van der Waals surface area contributed by atoms with Crippen LogP contribution in [0.1, 0.15) is 29.2 Å². The number of nitrogens with zero attached hydrogens (tertiary/aromatic N) is 4. The summed E-state index contributed by atoms with van der Waals surface area (Å²) in [5.74, 6) is 0.926. The summed E-state index contributed by atoms with van der Waals surface area (Å²) in [5.41, 5.74) is 1.93. The van der Waals surface area contributed by atoms with E-state index in [1.165, 1.54) is 12.8 Å². The lowest BCUT2D eigenvalue weighted by molar-refractivity contribution is 0.0948. The maximum atomic E-state index is 12.2. The van der Waals surface area contributed by atoms with Crippen LogP contribution in [0.25, 0.3) is 11.1 Å². The quantitative estimate of drug-likeness (QED) is 0.694. The predicted octanol–water partition coefficient (Wildman–Crippen LogP) is 1.39. The van der Waals surface area contributed by atoms with Gasteiger partial charge in [0.05, 0.1) is 6.20 Å². The van der Waals surface area contributed by atoms with Gasteiger partial charge in [-0.2, -0.15) is 0 Å². The van der Waals surface area contributed by atoms with Crippen molar-refractivity contribution in [3.63, 3.8) is 0 Å². The van der Waals surface area contributed by atoms with Gasteiger partial charge in [0.1, 0.15) is 5.52 Å². The van der Waals surface area contributed by atoms with Crippen LogP contribution in [0, 0.1) is 5.92 Å². The van der Waals surface area contributed by atoms with Crippen molar-refractivity contribution < 1.29 is 9.21 Å². The number of hydrogen-bond donors (Lipinski definition) is 2. The molecule has 1 aliphatic rings. The number of para-hydroxylation sites is 2. The molecule has 1 aromatic carbocycles. The maximum Gasteiger partial charge on any atom is 0.273 e. The van der Waals surface area contributed by atoms with E-state index >= 15 is 0 Å². The van der Waals surface area contributed by atoms with E-state index in [1.807, 2.05) is 24.3 Å². The lowest BCUT2D eigenvalue weighted by Crippen LogP contribution is -2.32. The normalized spacial score (nSPS) is 17.5. The van der Waals surface area contributed by atoms with Gasteiger partial charge in [-0.3, -0.25) is 9.48 Å². The number of aromatic nitrogens is 4. The Balaban J connectivity index is 1.28. The van der Waals surface area contributed by atoms with Crippen molar-refractivity contribution in [2.24, 2.45) is 5.92 Å². The molecule has 2 N–H and O–H groups in total. The molecular weight excluding hydrogens is 332 g/mol. The van der Waals surface area contributed by atoms with E-state index in [9.17, 15) is 4.79 Å². The summed E-state index contributed by atoms with van der Waals surface area (Å²) in [4.78, 5) is 16.6. The van der Waals surface area contributed by atoms with Crippen molar-refractivity contribution in [2.45, 2.75) is 25.8 Å². The highest BCUT2D eigenvalue weighted by molar-refractivity contribution is 5.91. The van der Waals surface area contributed by atoms with Crippen molar-refractivity contribution >= 4 is 17.0 Å².